The molecule has 0 spiro atoms. The standard InChI is InChI=1S/C13H11F3N2O2/c1-2-18-7-11(6-17-18)9-3-4-10(8-19)12(5-9)20-13(14,15)16/h3-8H,2H2,1H3. The van der Waals surface area contributed by atoms with E-state index in [0.29, 0.717) is 24.0 Å². The van der Waals surface area contributed by atoms with Crippen LogP contribution in [0.25, 0.3) is 11.1 Å². The zero-order chi connectivity index (χ0) is 14.8. The highest BCUT2D eigenvalue weighted by Gasteiger charge is 2.32. The number of aldehydes is 1. The maximum atomic E-state index is 12.3. The zero-order valence-electron chi connectivity index (χ0n) is 10.5. The minimum absolute atomic E-state index is 0.158. The van der Waals surface area contributed by atoms with Gasteiger partial charge in [-0.05, 0) is 24.6 Å². The number of hydrogen-bond donors (Lipinski definition) is 0. The fourth-order valence-corrected chi connectivity index (χ4v) is 1.71. The molecule has 4 nitrogen and oxygen atoms in total. The number of nitrogens with zero attached hydrogens (tertiary/aromatic N) is 2. The smallest absolute Gasteiger partial charge is 0.405 e. The van der Waals surface area contributed by atoms with E-state index in [2.05, 4.69) is 9.84 Å². The molecule has 0 radical (unpaired) electrons. The van der Waals surface area contributed by atoms with Gasteiger partial charge in [0.25, 0.3) is 0 Å². The summed E-state index contributed by atoms with van der Waals surface area (Å²) >= 11 is 0. The molecule has 0 amide bonds. The summed E-state index contributed by atoms with van der Waals surface area (Å²) in [6.45, 7) is 2.54. The molecule has 2 aromatic rings. The first kappa shape index (κ1) is 14.1. The monoisotopic (exact) mass is 284 g/mol. The third kappa shape index (κ3) is 3.17. The van der Waals surface area contributed by atoms with Crippen LogP contribution in [0.4, 0.5) is 13.2 Å². The average molecular weight is 284 g/mol. The van der Waals surface area contributed by atoms with Crippen LogP contribution in [0.2, 0.25) is 0 Å². The topological polar surface area (TPSA) is 44.1 Å². The highest BCUT2D eigenvalue weighted by atomic mass is 19.4. The van der Waals surface area contributed by atoms with Crippen molar-refractivity contribution in [1.29, 1.82) is 0 Å². The van der Waals surface area contributed by atoms with Crippen LogP contribution in [0.15, 0.2) is 30.6 Å². The molecule has 0 aliphatic heterocycles. The predicted molar refractivity (Wildman–Crippen MR) is 65.4 cm³/mol. The van der Waals surface area contributed by atoms with Crippen molar-refractivity contribution in [3.8, 4) is 16.9 Å². The molecule has 106 valence electrons. The molecule has 0 bridgehead atoms. The summed E-state index contributed by atoms with van der Waals surface area (Å²) in [4.78, 5) is 10.7. The lowest BCUT2D eigenvalue weighted by molar-refractivity contribution is -0.274. The second-order valence-electron chi connectivity index (χ2n) is 4.00. The fourth-order valence-electron chi connectivity index (χ4n) is 1.71. The summed E-state index contributed by atoms with van der Waals surface area (Å²) in [7, 11) is 0. The Morgan fingerprint density at radius 3 is 2.65 bits per heavy atom. The number of benzene rings is 1. The van der Waals surface area contributed by atoms with E-state index in [9.17, 15) is 18.0 Å². The van der Waals surface area contributed by atoms with Gasteiger partial charge in [0.2, 0.25) is 0 Å². The van der Waals surface area contributed by atoms with Crippen LogP contribution in [0.3, 0.4) is 0 Å². The number of ether oxygens (including phenoxy) is 1. The first-order valence-corrected chi connectivity index (χ1v) is 5.80. The summed E-state index contributed by atoms with van der Waals surface area (Å²) in [6, 6.07) is 4.00. The average Bonchev–Trinajstić information content (AvgIpc) is 2.85. The Hall–Kier alpha value is -2.31. The van der Waals surface area contributed by atoms with E-state index in [1.54, 1.807) is 16.9 Å². The summed E-state index contributed by atoms with van der Waals surface area (Å²) in [6.07, 6.45) is -1.28. The first-order valence-electron chi connectivity index (χ1n) is 5.80. The van der Waals surface area contributed by atoms with Crippen molar-refractivity contribution in [2.24, 2.45) is 0 Å². The molecule has 0 fully saturated rings. The van der Waals surface area contributed by atoms with E-state index >= 15 is 0 Å². The maximum Gasteiger partial charge on any atom is 0.573 e. The molecule has 20 heavy (non-hydrogen) atoms. The molecule has 0 atom stereocenters. The van der Waals surface area contributed by atoms with E-state index < -0.39 is 12.1 Å². The maximum absolute atomic E-state index is 12.3. The minimum Gasteiger partial charge on any atom is -0.405 e. The van der Waals surface area contributed by atoms with Crippen molar-refractivity contribution in [2.75, 3.05) is 0 Å². The molecule has 0 aliphatic rings. The lowest BCUT2D eigenvalue weighted by atomic mass is 10.1. The second-order valence-corrected chi connectivity index (χ2v) is 4.00. The number of carbonyl (C=O) groups excluding carboxylic acids is 1. The number of aryl methyl sites for hydroxylation is 1. The highest BCUT2D eigenvalue weighted by molar-refractivity contribution is 5.81. The van der Waals surface area contributed by atoms with Crippen molar-refractivity contribution < 1.29 is 22.7 Å². The number of halogens is 3. The van der Waals surface area contributed by atoms with Gasteiger partial charge in [0, 0.05) is 18.3 Å². The van der Waals surface area contributed by atoms with Gasteiger partial charge in [0.15, 0.2) is 6.29 Å². The predicted octanol–water partition coefficient (Wildman–Crippen LogP) is 3.28. The number of aromatic nitrogens is 2. The fraction of sp³-hybridized carbons (Fsp3) is 0.231. The molecule has 1 heterocycles. The van der Waals surface area contributed by atoms with Crippen LogP contribution < -0.4 is 4.74 Å². The Kier molecular flexibility index (Phi) is 3.78. The molecular formula is C13H11F3N2O2. The summed E-state index contributed by atoms with van der Waals surface area (Å²) in [5.41, 5.74) is 0.986. The molecule has 1 aromatic heterocycles. The van der Waals surface area contributed by atoms with Gasteiger partial charge in [0.1, 0.15) is 5.75 Å². The van der Waals surface area contributed by atoms with Gasteiger partial charge >= 0.3 is 6.36 Å². The molecule has 1 aromatic carbocycles. The minimum atomic E-state index is -4.84. The second kappa shape index (κ2) is 5.36. The summed E-state index contributed by atoms with van der Waals surface area (Å²) in [5.74, 6) is -0.519. The van der Waals surface area contributed by atoms with Gasteiger partial charge in [-0.1, -0.05) is 6.07 Å². The molecule has 0 aliphatic carbocycles. The number of hydrogen-bond acceptors (Lipinski definition) is 3. The van der Waals surface area contributed by atoms with E-state index in [1.807, 2.05) is 6.92 Å². The van der Waals surface area contributed by atoms with Crippen molar-refractivity contribution in [1.82, 2.24) is 9.78 Å². The quantitative estimate of drug-likeness (QED) is 0.809. The number of carbonyl (C=O) groups is 1. The largest absolute Gasteiger partial charge is 0.573 e. The van der Waals surface area contributed by atoms with Gasteiger partial charge in [0.05, 0.1) is 11.8 Å². The lowest BCUT2D eigenvalue weighted by Crippen LogP contribution is -2.18. The number of rotatable bonds is 4. The normalized spacial score (nSPS) is 11.4. The van der Waals surface area contributed by atoms with Crippen LogP contribution in [0.1, 0.15) is 17.3 Å². The van der Waals surface area contributed by atoms with Crippen LogP contribution in [0, 0.1) is 0 Å². The molecule has 0 saturated heterocycles. The van der Waals surface area contributed by atoms with Crippen LogP contribution in [-0.4, -0.2) is 22.4 Å². The van der Waals surface area contributed by atoms with Gasteiger partial charge in [-0.25, -0.2) is 0 Å². The van der Waals surface area contributed by atoms with Gasteiger partial charge < -0.3 is 4.74 Å². The SMILES string of the molecule is CCn1cc(-c2ccc(C=O)c(OC(F)(F)F)c2)cn1. The van der Waals surface area contributed by atoms with Gasteiger partial charge in [-0.3, -0.25) is 9.48 Å². The Bertz CT molecular complexity index is 620. The van der Waals surface area contributed by atoms with Crippen molar-refractivity contribution in [2.45, 2.75) is 19.8 Å². The molecule has 2 rings (SSSR count). The van der Waals surface area contributed by atoms with Crippen LogP contribution in [-0.2, 0) is 6.54 Å². The number of alkyl halides is 3. The van der Waals surface area contributed by atoms with Crippen molar-refractivity contribution in [3.63, 3.8) is 0 Å². The molecule has 0 saturated carbocycles. The summed E-state index contributed by atoms with van der Waals surface area (Å²) < 4.78 is 42.4. The van der Waals surface area contributed by atoms with Crippen molar-refractivity contribution in [3.05, 3.63) is 36.2 Å². The van der Waals surface area contributed by atoms with E-state index in [4.69, 9.17) is 0 Å². The first-order chi connectivity index (χ1) is 9.43. The van der Waals surface area contributed by atoms with E-state index in [-0.39, 0.29) is 5.56 Å². The Balaban J connectivity index is 2.40. The van der Waals surface area contributed by atoms with E-state index in [0.717, 1.165) is 0 Å². The van der Waals surface area contributed by atoms with E-state index in [1.165, 1.54) is 18.3 Å². The van der Waals surface area contributed by atoms with Gasteiger partial charge in [-0.2, -0.15) is 5.10 Å². The molecule has 0 unspecified atom stereocenters. The highest BCUT2D eigenvalue weighted by Crippen LogP contribution is 2.30. The molecule has 0 N–H and O–H groups in total. The zero-order valence-corrected chi connectivity index (χ0v) is 10.5. The Labute approximate surface area is 112 Å². The third-order valence-electron chi connectivity index (χ3n) is 2.66. The molecule has 7 heteroatoms. The van der Waals surface area contributed by atoms with Gasteiger partial charge in [-0.15, -0.1) is 13.2 Å². The van der Waals surface area contributed by atoms with Crippen LogP contribution in [0.5, 0.6) is 5.75 Å². The Morgan fingerprint density at radius 1 is 1.35 bits per heavy atom. The third-order valence-corrected chi connectivity index (χ3v) is 2.66. The summed E-state index contributed by atoms with van der Waals surface area (Å²) in [5, 5.41) is 4.04. The lowest BCUT2D eigenvalue weighted by Gasteiger charge is -2.11. The van der Waals surface area contributed by atoms with Crippen molar-refractivity contribution >= 4 is 6.29 Å². The Morgan fingerprint density at radius 2 is 2.10 bits per heavy atom. The van der Waals surface area contributed by atoms with Crippen LogP contribution >= 0.6 is 0 Å². The molecular weight excluding hydrogens is 273 g/mol.